The topological polar surface area (TPSA) is 65.5 Å². The largest absolute Gasteiger partial charge is 0.378 e. The number of hydrogen-bond donors (Lipinski definition) is 1. The van der Waals surface area contributed by atoms with Crippen molar-refractivity contribution in [2.24, 2.45) is 0 Å². The van der Waals surface area contributed by atoms with E-state index in [1.165, 1.54) is 0 Å². The highest BCUT2D eigenvalue weighted by molar-refractivity contribution is 5.80. The Balaban J connectivity index is 1.70. The number of benzene rings is 1. The Bertz CT molecular complexity index is 775. The first-order valence-corrected chi connectivity index (χ1v) is 9.23. The van der Waals surface area contributed by atoms with E-state index in [4.69, 9.17) is 0 Å². The van der Waals surface area contributed by atoms with Crippen LogP contribution in [0.4, 0.5) is 5.69 Å². The van der Waals surface area contributed by atoms with Crippen molar-refractivity contribution in [3.63, 3.8) is 0 Å². The highest BCUT2D eigenvalue weighted by Gasteiger charge is 2.25. The molecule has 6 heteroatoms. The number of amides is 2. The molecule has 27 heavy (non-hydrogen) atoms. The lowest BCUT2D eigenvalue weighted by Crippen LogP contribution is -2.42. The summed E-state index contributed by atoms with van der Waals surface area (Å²) < 4.78 is 0. The predicted molar refractivity (Wildman–Crippen MR) is 105 cm³/mol. The Morgan fingerprint density at radius 2 is 1.96 bits per heavy atom. The number of anilines is 1. The highest BCUT2D eigenvalue weighted by atomic mass is 16.2. The molecule has 0 unspecified atom stereocenters. The van der Waals surface area contributed by atoms with Crippen LogP contribution in [-0.4, -0.2) is 48.4 Å². The van der Waals surface area contributed by atoms with Crippen LogP contribution >= 0.6 is 0 Å². The summed E-state index contributed by atoms with van der Waals surface area (Å²) in [6, 6.07) is 11.9. The molecule has 2 amide bonds. The maximum atomic E-state index is 13.0. The minimum absolute atomic E-state index is 0.0224. The van der Waals surface area contributed by atoms with Gasteiger partial charge in [-0.05, 0) is 35.7 Å². The standard InChI is InChI=1S/C21H26N4O2/c1-24(2)19-8-5-16(6-9-19)12-21(27)25(14-17-4-3-11-22-13-17)15-18-7-10-20(26)23-18/h3-6,8-9,11,13,18H,7,10,12,14-15H2,1-2H3,(H,23,26)/t18-/m0/s1. The Labute approximate surface area is 160 Å². The van der Waals surface area contributed by atoms with Crippen LogP contribution in [0, 0.1) is 0 Å². The van der Waals surface area contributed by atoms with E-state index in [-0.39, 0.29) is 17.9 Å². The van der Waals surface area contributed by atoms with Crippen molar-refractivity contribution in [2.75, 3.05) is 25.5 Å². The lowest BCUT2D eigenvalue weighted by Gasteiger charge is -2.26. The number of carbonyl (C=O) groups excluding carboxylic acids is 2. The van der Waals surface area contributed by atoms with Crippen LogP contribution in [0.2, 0.25) is 0 Å². The number of nitrogens with zero attached hydrogens (tertiary/aromatic N) is 3. The molecule has 0 aliphatic carbocycles. The first-order valence-electron chi connectivity index (χ1n) is 9.23. The number of nitrogens with one attached hydrogen (secondary N) is 1. The van der Waals surface area contributed by atoms with E-state index >= 15 is 0 Å². The summed E-state index contributed by atoms with van der Waals surface area (Å²) in [4.78, 5) is 32.5. The Kier molecular flexibility index (Phi) is 6.06. The molecule has 1 aromatic heterocycles. The molecule has 2 heterocycles. The molecule has 142 valence electrons. The molecular weight excluding hydrogens is 340 g/mol. The third kappa shape index (κ3) is 5.29. The maximum Gasteiger partial charge on any atom is 0.227 e. The second-order valence-corrected chi connectivity index (χ2v) is 7.18. The Morgan fingerprint density at radius 3 is 2.56 bits per heavy atom. The van der Waals surface area contributed by atoms with Crippen LogP contribution in [0.25, 0.3) is 0 Å². The first kappa shape index (κ1) is 18.9. The summed E-state index contributed by atoms with van der Waals surface area (Å²) in [5, 5.41) is 2.95. The van der Waals surface area contributed by atoms with Gasteiger partial charge in [-0.25, -0.2) is 0 Å². The Morgan fingerprint density at radius 1 is 1.19 bits per heavy atom. The molecule has 0 bridgehead atoms. The van der Waals surface area contributed by atoms with Gasteiger partial charge < -0.3 is 15.1 Å². The van der Waals surface area contributed by atoms with Gasteiger partial charge >= 0.3 is 0 Å². The molecule has 1 N–H and O–H groups in total. The molecule has 1 aliphatic rings. The van der Waals surface area contributed by atoms with Crippen LogP contribution in [0.5, 0.6) is 0 Å². The fourth-order valence-corrected chi connectivity index (χ4v) is 3.25. The highest BCUT2D eigenvalue weighted by Crippen LogP contribution is 2.16. The minimum Gasteiger partial charge on any atom is -0.378 e. The molecule has 0 spiro atoms. The Hall–Kier alpha value is -2.89. The zero-order valence-corrected chi connectivity index (χ0v) is 15.9. The van der Waals surface area contributed by atoms with Gasteiger partial charge in [-0.2, -0.15) is 0 Å². The molecule has 1 saturated heterocycles. The maximum absolute atomic E-state index is 13.0. The number of carbonyl (C=O) groups is 2. The van der Waals surface area contributed by atoms with Gasteiger partial charge in [-0.3, -0.25) is 14.6 Å². The van der Waals surface area contributed by atoms with Crippen molar-refractivity contribution < 1.29 is 9.59 Å². The van der Waals surface area contributed by atoms with E-state index in [0.717, 1.165) is 23.2 Å². The van der Waals surface area contributed by atoms with Crippen molar-refractivity contribution in [3.8, 4) is 0 Å². The number of pyridine rings is 1. The zero-order valence-electron chi connectivity index (χ0n) is 15.9. The van der Waals surface area contributed by atoms with Crippen LogP contribution in [-0.2, 0) is 22.6 Å². The number of rotatable bonds is 7. The molecule has 1 fully saturated rings. The average molecular weight is 366 g/mol. The monoisotopic (exact) mass is 366 g/mol. The fourth-order valence-electron chi connectivity index (χ4n) is 3.25. The van der Waals surface area contributed by atoms with Crippen molar-refractivity contribution in [2.45, 2.75) is 31.8 Å². The van der Waals surface area contributed by atoms with E-state index in [0.29, 0.717) is 25.9 Å². The van der Waals surface area contributed by atoms with Crippen LogP contribution < -0.4 is 10.2 Å². The van der Waals surface area contributed by atoms with Crippen LogP contribution in [0.15, 0.2) is 48.8 Å². The molecule has 2 aromatic rings. The van der Waals surface area contributed by atoms with Gasteiger partial charge in [0.15, 0.2) is 0 Å². The third-order valence-electron chi connectivity index (χ3n) is 4.78. The second kappa shape index (κ2) is 8.66. The van der Waals surface area contributed by atoms with Crippen LogP contribution in [0.1, 0.15) is 24.0 Å². The molecule has 1 aromatic carbocycles. The summed E-state index contributed by atoms with van der Waals surface area (Å²) in [7, 11) is 3.98. The molecular formula is C21H26N4O2. The van der Waals surface area contributed by atoms with E-state index < -0.39 is 0 Å². The van der Waals surface area contributed by atoms with Gasteiger partial charge in [0.25, 0.3) is 0 Å². The number of hydrogen-bond acceptors (Lipinski definition) is 4. The summed E-state index contributed by atoms with van der Waals surface area (Å²) >= 11 is 0. The van der Waals surface area contributed by atoms with Gasteiger partial charge in [0, 0.05) is 57.7 Å². The third-order valence-corrected chi connectivity index (χ3v) is 4.78. The number of aromatic nitrogens is 1. The smallest absolute Gasteiger partial charge is 0.227 e. The molecule has 1 atom stereocenters. The lowest BCUT2D eigenvalue weighted by atomic mass is 10.1. The minimum atomic E-state index is 0.0224. The van der Waals surface area contributed by atoms with Crippen molar-refractivity contribution in [1.82, 2.24) is 15.2 Å². The predicted octanol–water partition coefficient (Wildman–Crippen LogP) is 2.00. The fraction of sp³-hybridized carbons (Fsp3) is 0.381. The summed E-state index contributed by atoms with van der Waals surface area (Å²) in [6.45, 7) is 1.02. The SMILES string of the molecule is CN(C)c1ccc(CC(=O)N(Cc2cccnc2)C[C@@H]2CCC(=O)N2)cc1. The molecule has 6 nitrogen and oxygen atoms in total. The van der Waals surface area contributed by atoms with Crippen molar-refractivity contribution >= 4 is 17.5 Å². The van der Waals surface area contributed by atoms with Crippen LogP contribution in [0.3, 0.4) is 0 Å². The molecule has 1 aliphatic heterocycles. The summed E-state index contributed by atoms with van der Waals surface area (Å²) in [5.41, 5.74) is 3.07. The zero-order chi connectivity index (χ0) is 19.2. The lowest BCUT2D eigenvalue weighted by molar-refractivity contribution is -0.131. The van der Waals surface area contributed by atoms with E-state index in [2.05, 4.69) is 10.3 Å². The van der Waals surface area contributed by atoms with E-state index in [9.17, 15) is 9.59 Å². The van der Waals surface area contributed by atoms with Crippen molar-refractivity contribution in [1.29, 1.82) is 0 Å². The van der Waals surface area contributed by atoms with E-state index in [1.54, 1.807) is 12.4 Å². The second-order valence-electron chi connectivity index (χ2n) is 7.18. The summed E-state index contributed by atoms with van der Waals surface area (Å²) in [5.74, 6) is 0.116. The quantitative estimate of drug-likeness (QED) is 0.814. The van der Waals surface area contributed by atoms with E-state index in [1.807, 2.05) is 60.3 Å². The molecule has 0 radical (unpaired) electrons. The van der Waals surface area contributed by atoms with Gasteiger partial charge in [-0.1, -0.05) is 18.2 Å². The first-order chi connectivity index (χ1) is 13.0. The molecule has 3 rings (SSSR count). The van der Waals surface area contributed by atoms with Crippen molar-refractivity contribution in [3.05, 3.63) is 59.9 Å². The summed E-state index contributed by atoms with van der Waals surface area (Å²) in [6.07, 6.45) is 5.14. The van der Waals surface area contributed by atoms with Gasteiger partial charge in [0.1, 0.15) is 0 Å². The van der Waals surface area contributed by atoms with Gasteiger partial charge in [0.05, 0.1) is 6.42 Å². The van der Waals surface area contributed by atoms with Gasteiger partial charge in [0.2, 0.25) is 11.8 Å². The normalized spacial score (nSPS) is 16.1. The van der Waals surface area contributed by atoms with Gasteiger partial charge in [-0.15, -0.1) is 0 Å². The molecule has 0 saturated carbocycles. The average Bonchev–Trinajstić information content (AvgIpc) is 3.07.